The van der Waals surface area contributed by atoms with E-state index in [0.717, 1.165) is 18.1 Å². The molecule has 2 fully saturated rings. The molecular formula is C17H21N5O3. The molecule has 2 aliphatic rings. The van der Waals surface area contributed by atoms with Gasteiger partial charge < -0.3 is 19.3 Å². The number of hydrogen-bond donors (Lipinski definition) is 0. The smallest absolute Gasteiger partial charge is 0.253 e. The minimum Gasteiger partial charge on any atom is -0.376 e. The Balaban J connectivity index is 1.59. The summed E-state index contributed by atoms with van der Waals surface area (Å²) < 4.78 is 13.5. The third-order valence-electron chi connectivity index (χ3n) is 4.58. The van der Waals surface area contributed by atoms with Gasteiger partial charge in [0.25, 0.3) is 5.91 Å². The number of aryl methyl sites for hydroxylation is 1. The van der Waals surface area contributed by atoms with Gasteiger partial charge >= 0.3 is 0 Å². The van der Waals surface area contributed by atoms with E-state index in [1.807, 2.05) is 31.4 Å². The van der Waals surface area contributed by atoms with Crippen molar-refractivity contribution in [2.45, 2.75) is 5.60 Å². The zero-order valence-electron chi connectivity index (χ0n) is 14.2. The summed E-state index contributed by atoms with van der Waals surface area (Å²) in [6.45, 7) is 2.87. The number of pyridine rings is 1. The zero-order chi connectivity index (χ0) is 17.3. The Morgan fingerprint density at radius 3 is 2.96 bits per heavy atom. The third-order valence-corrected chi connectivity index (χ3v) is 4.58. The maximum atomic E-state index is 12.4. The fraction of sp³-hybridized carbons (Fsp3) is 0.471. The first kappa shape index (κ1) is 16.0. The molecule has 1 amide bonds. The Morgan fingerprint density at radius 2 is 2.20 bits per heavy atom. The lowest BCUT2D eigenvalue weighted by Gasteiger charge is -2.42. The molecule has 0 N–H and O–H groups in total. The summed E-state index contributed by atoms with van der Waals surface area (Å²) in [6, 6.07) is 5.84. The van der Waals surface area contributed by atoms with E-state index in [9.17, 15) is 4.79 Å². The molecule has 4 heterocycles. The van der Waals surface area contributed by atoms with E-state index in [4.69, 9.17) is 9.47 Å². The largest absolute Gasteiger partial charge is 0.376 e. The Bertz CT molecular complexity index is 750. The quantitative estimate of drug-likeness (QED) is 0.789. The van der Waals surface area contributed by atoms with Crippen LogP contribution in [-0.4, -0.2) is 65.7 Å². The molecule has 8 heteroatoms. The van der Waals surface area contributed by atoms with Crippen LogP contribution in [0.1, 0.15) is 0 Å². The molecule has 0 saturated carbocycles. The molecular weight excluding hydrogens is 322 g/mol. The summed E-state index contributed by atoms with van der Waals surface area (Å²) in [5.74, 6) is 0.827. The summed E-state index contributed by atoms with van der Waals surface area (Å²) in [5, 5.41) is 4.17. The Morgan fingerprint density at radius 1 is 1.28 bits per heavy atom. The Kier molecular flexibility index (Phi) is 4.14. The molecule has 1 spiro atoms. The lowest BCUT2D eigenvalue weighted by molar-refractivity contribution is -0.143. The van der Waals surface area contributed by atoms with Crippen LogP contribution in [0.4, 0.5) is 11.5 Å². The van der Waals surface area contributed by atoms with Gasteiger partial charge in [0.05, 0.1) is 38.2 Å². The molecule has 0 aliphatic carbocycles. The predicted octanol–water partition coefficient (Wildman–Crippen LogP) is 0.454. The van der Waals surface area contributed by atoms with E-state index in [2.05, 4.69) is 15.0 Å². The van der Waals surface area contributed by atoms with E-state index in [-0.39, 0.29) is 12.5 Å². The number of carbonyl (C=O) groups excluding carboxylic acids is 1. The van der Waals surface area contributed by atoms with Crippen LogP contribution in [0.5, 0.6) is 0 Å². The summed E-state index contributed by atoms with van der Waals surface area (Å²) in [7, 11) is 1.84. The molecule has 8 nitrogen and oxygen atoms in total. The third kappa shape index (κ3) is 3.22. The van der Waals surface area contributed by atoms with Crippen LogP contribution >= 0.6 is 0 Å². The average Bonchev–Trinajstić information content (AvgIpc) is 2.96. The van der Waals surface area contributed by atoms with Crippen molar-refractivity contribution in [1.82, 2.24) is 14.8 Å². The fourth-order valence-corrected chi connectivity index (χ4v) is 3.32. The molecule has 132 valence electrons. The van der Waals surface area contributed by atoms with Crippen molar-refractivity contribution in [2.75, 3.05) is 49.3 Å². The zero-order valence-corrected chi connectivity index (χ0v) is 14.2. The maximum absolute atomic E-state index is 12.4. The van der Waals surface area contributed by atoms with Gasteiger partial charge in [0.1, 0.15) is 18.0 Å². The molecule has 25 heavy (non-hydrogen) atoms. The standard InChI is InChI=1S/C17H21N5O3/c1-20-9-14(8-19-20)22-12-17(25-10-16(22)23)11-21(6-7-24-13-17)15-4-2-3-5-18-15/h2-5,8-9H,6-7,10-13H2,1H3. The lowest BCUT2D eigenvalue weighted by atomic mass is 10.0. The maximum Gasteiger partial charge on any atom is 0.253 e. The highest BCUT2D eigenvalue weighted by Gasteiger charge is 2.43. The minimum absolute atomic E-state index is 0.0360. The van der Waals surface area contributed by atoms with Crippen LogP contribution in [0.25, 0.3) is 0 Å². The molecule has 4 rings (SSSR count). The van der Waals surface area contributed by atoms with Gasteiger partial charge in [0, 0.05) is 26.0 Å². The SMILES string of the molecule is Cn1cc(N2CC3(COCCN(c4ccccn4)C3)OCC2=O)cn1. The van der Waals surface area contributed by atoms with Crippen LogP contribution in [-0.2, 0) is 21.3 Å². The average molecular weight is 343 g/mol. The highest BCUT2D eigenvalue weighted by molar-refractivity contribution is 5.95. The molecule has 0 radical (unpaired) electrons. The monoisotopic (exact) mass is 343 g/mol. The first-order chi connectivity index (χ1) is 12.2. The predicted molar refractivity (Wildman–Crippen MR) is 91.5 cm³/mol. The molecule has 2 aromatic heterocycles. The van der Waals surface area contributed by atoms with E-state index in [1.54, 1.807) is 22.0 Å². The summed E-state index contributed by atoms with van der Waals surface area (Å²) >= 11 is 0. The number of rotatable bonds is 2. The number of nitrogens with zero attached hydrogens (tertiary/aromatic N) is 5. The number of anilines is 2. The summed E-state index contributed by atoms with van der Waals surface area (Å²) in [5.41, 5.74) is 0.196. The van der Waals surface area contributed by atoms with Crippen molar-refractivity contribution in [3.8, 4) is 0 Å². The van der Waals surface area contributed by atoms with E-state index < -0.39 is 5.60 Å². The molecule has 0 aromatic carbocycles. The second-order valence-electron chi connectivity index (χ2n) is 6.49. The van der Waals surface area contributed by atoms with Gasteiger partial charge in [-0.1, -0.05) is 6.07 Å². The molecule has 2 aliphatic heterocycles. The number of amides is 1. The van der Waals surface area contributed by atoms with Crippen LogP contribution in [0.2, 0.25) is 0 Å². The van der Waals surface area contributed by atoms with Gasteiger partial charge in [-0.15, -0.1) is 0 Å². The van der Waals surface area contributed by atoms with Gasteiger partial charge in [0.2, 0.25) is 0 Å². The first-order valence-corrected chi connectivity index (χ1v) is 8.32. The van der Waals surface area contributed by atoms with Crippen LogP contribution in [0.15, 0.2) is 36.8 Å². The Hall–Kier alpha value is -2.45. The van der Waals surface area contributed by atoms with E-state index >= 15 is 0 Å². The molecule has 0 bridgehead atoms. The fourth-order valence-electron chi connectivity index (χ4n) is 3.32. The van der Waals surface area contributed by atoms with Gasteiger partial charge in [0.15, 0.2) is 0 Å². The van der Waals surface area contributed by atoms with Crippen molar-refractivity contribution in [1.29, 1.82) is 0 Å². The van der Waals surface area contributed by atoms with E-state index in [1.165, 1.54) is 0 Å². The first-order valence-electron chi connectivity index (χ1n) is 8.32. The van der Waals surface area contributed by atoms with E-state index in [0.29, 0.717) is 26.3 Å². The second-order valence-corrected chi connectivity index (χ2v) is 6.49. The van der Waals surface area contributed by atoms with Gasteiger partial charge in [-0.25, -0.2) is 4.98 Å². The highest BCUT2D eigenvalue weighted by atomic mass is 16.6. The van der Waals surface area contributed by atoms with Crippen molar-refractivity contribution in [2.24, 2.45) is 7.05 Å². The highest BCUT2D eigenvalue weighted by Crippen LogP contribution is 2.28. The lowest BCUT2D eigenvalue weighted by Crippen LogP contribution is -2.61. The van der Waals surface area contributed by atoms with Crippen LogP contribution in [0, 0.1) is 0 Å². The second kappa shape index (κ2) is 6.45. The van der Waals surface area contributed by atoms with Crippen LogP contribution < -0.4 is 9.80 Å². The number of morpholine rings is 1. The van der Waals surface area contributed by atoms with Gasteiger partial charge in [-0.2, -0.15) is 5.10 Å². The van der Waals surface area contributed by atoms with Crippen LogP contribution in [0.3, 0.4) is 0 Å². The molecule has 1 unspecified atom stereocenters. The molecule has 2 saturated heterocycles. The normalized spacial score (nSPS) is 24.6. The number of ether oxygens (including phenoxy) is 2. The Labute approximate surface area is 145 Å². The number of hydrogen-bond acceptors (Lipinski definition) is 6. The molecule has 2 aromatic rings. The van der Waals surface area contributed by atoms with Gasteiger partial charge in [-0.05, 0) is 12.1 Å². The van der Waals surface area contributed by atoms with Gasteiger partial charge in [-0.3, -0.25) is 9.48 Å². The number of aromatic nitrogens is 3. The molecule has 1 atom stereocenters. The summed E-state index contributed by atoms with van der Waals surface area (Å²) in [6.07, 6.45) is 5.32. The summed E-state index contributed by atoms with van der Waals surface area (Å²) in [4.78, 5) is 20.7. The minimum atomic E-state index is -0.586. The van der Waals surface area contributed by atoms with Crippen molar-refractivity contribution < 1.29 is 14.3 Å². The van der Waals surface area contributed by atoms with Crippen molar-refractivity contribution in [3.63, 3.8) is 0 Å². The van der Waals surface area contributed by atoms with Crippen molar-refractivity contribution >= 4 is 17.4 Å². The number of carbonyl (C=O) groups is 1. The topological polar surface area (TPSA) is 72.7 Å². The van der Waals surface area contributed by atoms with Crippen molar-refractivity contribution in [3.05, 3.63) is 36.8 Å².